The van der Waals surface area contributed by atoms with E-state index in [9.17, 15) is 18.0 Å². The van der Waals surface area contributed by atoms with Crippen molar-refractivity contribution in [1.29, 1.82) is 0 Å². The SMILES string of the molecule is CC(C)(C)NC(=O)COC(=O)c1ccc(S(=O)(=O)NC[C@H]2CCCO2)cc1. The van der Waals surface area contributed by atoms with Gasteiger partial charge in [-0.2, -0.15) is 0 Å². The minimum atomic E-state index is -3.68. The second-order valence-electron chi connectivity index (χ2n) is 7.39. The maximum atomic E-state index is 12.3. The van der Waals surface area contributed by atoms with Crippen molar-refractivity contribution in [2.24, 2.45) is 0 Å². The van der Waals surface area contributed by atoms with Crippen molar-refractivity contribution in [1.82, 2.24) is 10.0 Å². The van der Waals surface area contributed by atoms with Crippen LogP contribution < -0.4 is 10.0 Å². The van der Waals surface area contributed by atoms with Crippen LogP contribution in [0.15, 0.2) is 29.2 Å². The minimum absolute atomic E-state index is 0.0440. The highest BCUT2D eigenvalue weighted by Crippen LogP contribution is 2.14. The van der Waals surface area contributed by atoms with Crippen molar-refractivity contribution in [2.45, 2.75) is 50.2 Å². The third-order valence-corrected chi connectivity index (χ3v) is 5.21. The van der Waals surface area contributed by atoms with Gasteiger partial charge in [0.1, 0.15) is 0 Å². The van der Waals surface area contributed by atoms with E-state index in [2.05, 4.69) is 10.0 Å². The van der Waals surface area contributed by atoms with Crippen LogP contribution >= 0.6 is 0 Å². The van der Waals surface area contributed by atoms with Crippen LogP contribution in [-0.4, -0.2) is 51.7 Å². The molecule has 0 bridgehead atoms. The van der Waals surface area contributed by atoms with Crippen LogP contribution in [0, 0.1) is 0 Å². The van der Waals surface area contributed by atoms with Gasteiger partial charge in [-0.25, -0.2) is 17.9 Å². The van der Waals surface area contributed by atoms with Crippen molar-refractivity contribution in [3.63, 3.8) is 0 Å². The van der Waals surface area contributed by atoms with Gasteiger partial charge in [-0.05, 0) is 57.9 Å². The average molecular weight is 398 g/mol. The zero-order valence-corrected chi connectivity index (χ0v) is 16.6. The molecule has 0 unspecified atom stereocenters. The molecule has 150 valence electrons. The molecule has 1 amide bonds. The number of sulfonamides is 1. The van der Waals surface area contributed by atoms with E-state index in [-0.39, 0.29) is 23.1 Å². The Bertz CT molecular complexity index is 762. The van der Waals surface area contributed by atoms with E-state index >= 15 is 0 Å². The Labute approximate surface area is 159 Å². The summed E-state index contributed by atoms with van der Waals surface area (Å²) in [6, 6.07) is 5.35. The summed E-state index contributed by atoms with van der Waals surface area (Å²) in [7, 11) is -3.68. The van der Waals surface area contributed by atoms with Gasteiger partial charge in [0, 0.05) is 18.7 Å². The first-order valence-electron chi connectivity index (χ1n) is 8.76. The lowest BCUT2D eigenvalue weighted by Crippen LogP contribution is -2.42. The van der Waals surface area contributed by atoms with Crippen molar-refractivity contribution < 1.29 is 27.5 Å². The summed E-state index contributed by atoms with van der Waals surface area (Å²) >= 11 is 0. The van der Waals surface area contributed by atoms with E-state index < -0.39 is 34.0 Å². The van der Waals surface area contributed by atoms with Gasteiger partial charge in [-0.3, -0.25) is 4.79 Å². The topological polar surface area (TPSA) is 111 Å². The molecule has 0 aliphatic carbocycles. The van der Waals surface area contributed by atoms with Crippen LogP contribution in [0.1, 0.15) is 44.0 Å². The van der Waals surface area contributed by atoms with Gasteiger partial charge >= 0.3 is 5.97 Å². The Morgan fingerprint density at radius 3 is 2.44 bits per heavy atom. The van der Waals surface area contributed by atoms with Crippen LogP contribution in [0.25, 0.3) is 0 Å². The van der Waals surface area contributed by atoms with Crippen LogP contribution in [0.5, 0.6) is 0 Å². The normalized spacial score (nSPS) is 17.5. The van der Waals surface area contributed by atoms with Gasteiger partial charge in [-0.1, -0.05) is 0 Å². The smallest absolute Gasteiger partial charge is 0.338 e. The minimum Gasteiger partial charge on any atom is -0.452 e. The molecular weight excluding hydrogens is 372 g/mol. The number of carbonyl (C=O) groups excluding carboxylic acids is 2. The third-order valence-electron chi connectivity index (χ3n) is 3.77. The van der Waals surface area contributed by atoms with Crippen LogP contribution in [0.4, 0.5) is 0 Å². The largest absolute Gasteiger partial charge is 0.452 e. The number of amides is 1. The summed E-state index contributed by atoms with van der Waals surface area (Å²) in [4.78, 5) is 23.7. The number of esters is 1. The zero-order chi connectivity index (χ0) is 20.1. The van der Waals surface area contributed by atoms with E-state index in [0.29, 0.717) is 6.61 Å². The molecule has 0 radical (unpaired) electrons. The predicted octanol–water partition coefficient (Wildman–Crippen LogP) is 1.22. The fourth-order valence-electron chi connectivity index (χ4n) is 2.53. The molecule has 8 nitrogen and oxygen atoms in total. The zero-order valence-electron chi connectivity index (χ0n) is 15.8. The number of rotatable bonds is 7. The fourth-order valence-corrected chi connectivity index (χ4v) is 3.60. The van der Waals surface area contributed by atoms with Gasteiger partial charge in [-0.15, -0.1) is 0 Å². The lowest BCUT2D eigenvalue weighted by Gasteiger charge is -2.20. The maximum absolute atomic E-state index is 12.3. The van der Waals surface area contributed by atoms with Gasteiger partial charge in [0.2, 0.25) is 10.0 Å². The van der Waals surface area contributed by atoms with Gasteiger partial charge < -0.3 is 14.8 Å². The average Bonchev–Trinajstić information content (AvgIpc) is 3.10. The number of hydrogen-bond donors (Lipinski definition) is 2. The molecule has 2 N–H and O–H groups in total. The third kappa shape index (κ3) is 6.93. The summed E-state index contributed by atoms with van der Waals surface area (Å²) in [5, 5.41) is 2.68. The number of ether oxygens (including phenoxy) is 2. The molecular formula is C18H26N2O6S. The lowest BCUT2D eigenvalue weighted by atomic mass is 10.1. The highest BCUT2D eigenvalue weighted by molar-refractivity contribution is 7.89. The van der Waals surface area contributed by atoms with Crippen LogP contribution in [-0.2, 0) is 24.3 Å². The molecule has 1 aromatic carbocycles. The number of nitrogens with one attached hydrogen (secondary N) is 2. The first-order chi connectivity index (χ1) is 12.6. The molecule has 1 aliphatic heterocycles. The fraction of sp³-hybridized carbons (Fsp3) is 0.556. The molecule has 1 saturated heterocycles. The highest BCUT2D eigenvalue weighted by Gasteiger charge is 2.21. The molecule has 2 rings (SSSR count). The molecule has 1 aliphatic rings. The van der Waals surface area contributed by atoms with E-state index in [0.717, 1.165) is 12.8 Å². The maximum Gasteiger partial charge on any atom is 0.338 e. The summed E-state index contributed by atoms with van der Waals surface area (Å²) in [5.74, 6) is -1.11. The number of benzene rings is 1. The molecule has 0 aromatic heterocycles. The van der Waals surface area contributed by atoms with Gasteiger partial charge in [0.25, 0.3) is 5.91 Å². The standard InChI is InChI=1S/C18H26N2O6S/c1-18(2,3)20-16(21)12-26-17(22)13-6-8-15(9-7-13)27(23,24)19-11-14-5-4-10-25-14/h6-9,14,19H,4-5,10-12H2,1-3H3,(H,20,21)/t14-/m1/s1. The molecule has 1 heterocycles. The summed E-state index contributed by atoms with van der Waals surface area (Å²) in [6.07, 6.45) is 1.65. The van der Waals surface area contributed by atoms with Crippen molar-refractivity contribution in [3.05, 3.63) is 29.8 Å². The Balaban J connectivity index is 1.89. The lowest BCUT2D eigenvalue weighted by molar-refractivity contribution is -0.125. The second kappa shape index (κ2) is 8.81. The Morgan fingerprint density at radius 2 is 1.89 bits per heavy atom. The summed E-state index contributed by atoms with van der Waals surface area (Å²) in [6.45, 7) is 5.92. The molecule has 27 heavy (non-hydrogen) atoms. The van der Waals surface area contributed by atoms with Gasteiger partial charge in [0.15, 0.2) is 6.61 Å². The first kappa shape index (κ1) is 21.3. The van der Waals surface area contributed by atoms with Crippen molar-refractivity contribution in [2.75, 3.05) is 19.8 Å². The van der Waals surface area contributed by atoms with Crippen molar-refractivity contribution in [3.8, 4) is 0 Å². The number of carbonyl (C=O) groups is 2. The Morgan fingerprint density at radius 1 is 1.22 bits per heavy atom. The van der Waals surface area contributed by atoms with E-state index in [4.69, 9.17) is 9.47 Å². The Kier molecular flexibility index (Phi) is 6.96. The predicted molar refractivity (Wildman–Crippen MR) is 98.8 cm³/mol. The van der Waals surface area contributed by atoms with Crippen LogP contribution in [0.3, 0.4) is 0 Å². The summed E-state index contributed by atoms with van der Waals surface area (Å²) in [5.41, 5.74) is -0.257. The van der Waals surface area contributed by atoms with Gasteiger partial charge in [0.05, 0.1) is 16.6 Å². The van der Waals surface area contributed by atoms with Crippen LogP contribution in [0.2, 0.25) is 0 Å². The number of hydrogen-bond acceptors (Lipinski definition) is 6. The van der Waals surface area contributed by atoms with Crippen molar-refractivity contribution >= 4 is 21.9 Å². The summed E-state index contributed by atoms with van der Waals surface area (Å²) < 4.78 is 37.4. The van der Waals surface area contributed by atoms with E-state index in [1.54, 1.807) is 0 Å². The first-order valence-corrected chi connectivity index (χ1v) is 10.2. The molecule has 9 heteroatoms. The molecule has 0 spiro atoms. The van der Waals surface area contributed by atoms with E-state index in [1.807, 2.05) is 20.8 Å². The second-order valence-corrected chi connectivity index (χ2v) is 9.15. The highest BCUT2D eigenvalue weighted by atomic mass is 32.2. The molecule has 1 fully saturated rings. The monoisotopic (exact) mass is 398 g/mol. The van der Waals surface area contributed by atoms with E-state index in [1.165, 1.54) is 24.3 Å². The Hall–Kier alpha value is -1.97. The molecule has 0 saturated carbocycles. The molecule has 1 aromatic rings. The quantitative estimate of drug-likeness (QED) is 0.668. The molecule has 1 atom stereocenters.